The van der Waals surface area contributed by atoms with Gasteiger partial charge in [-0.05, 0) is 77.6 Å². The monoisotopic (exact) mass is 508 g/mol. The second-order valence-electron chi connectivity index (χ2n) is 10.6. The summed E-state index contributed by atoms with van der Waals surface area (Å²) >= 11 is 0. The lowest BCUT2D eigenvalue weighted by Gasteiger charge is -2.50. The van der Waals surface area contributed by atoms with Crippen molar-refractivity contribution in [3.05, 3.63) is 119 Å². The molecular formula is C34H38P2. The van der Waals surface area contributed by atoms with E-state index in [0.29, 0.717) is 0 Å². The lowest BCUT2D eigenvalue weighted by molar-refractivity contribution is 0.483. The Balaban J connectivity index is 1.78. The van der Waals surface area contributed by atoms with Gasteiger partial charge in [-0.2, -0.15) is 0 Å². The largest absolute Gasteiger partial charge is 0.0587 e. The zero-order valence-electron chi connectivity index (χ0n) is 22.2. The highest BCUT2D eigenvalue weighted by Crippen LogP contribution is 2.70. The van der Waals surface area contributed by atoms with Crippen molar-refractivity contribution in [1.29, 1.82) is 0 Å². The third-order valence-electron chi connectivity index (χ3n) is 7.66. The van der Waals surface area contributed by atoms with Crippen LogP contribution in [0.15, 0.2) is 97.1 Å². The molecule has 0 heterocycles. The molecule has 1 saturated carbocycles. The van der Waals surface area contributed by atoms with Crippen LogP contribution in [0.4, 0.5) is 0 Å². The van der Waals surface area contributed by atoms with Crippen molar-refractivity contribution in [3.8, 4) is 0 Å². The highest BCUT2D eigenvalue weighted by molar-refractivity contribution is 7.90. The van der Waals surface area contributed by atoms with Crippen LogP contribution in [-0.2, 0) is 0 Å². The first-order chi connectivity index (χ1) is 17.5. The molecule has 5 rings (SSSR count). The van der Waals surface area contributed by atoms with Crippen molar-refractivity contribution >= 4 is 37.1 Å². The molecule has 1 aliphatic carbocycles. The van der Waals surface area contributed by atoms with E-state index in [2.05, 4.69) is 125 Å². The van der Waals surface area contributed by atoms with Crippen LogP contribution in [0.1, 0.15) is 54.4 Å². The summed E-state index contributed by atoms with van der Waals surface area (Å²) in [7, 11) is -1.10. The standard InChI is InChI=1S/C34H38P2/c1-26-8-16-30(17-9-26)35(31-18-10-27(2)11-19-31)34(24-6-5-7-25-34)36(32-20-12-28(3)13-21-32)33-22-14-29(4)15-23-33/h8-23H,5-7,24-25H2,1-4H3. The summed E-state index contributed by atoms with van der Waals surface area (Å²) in [5, 5.41) is 6.14. The minimum Gasteiger partial charge on any atom is -0.0587 e. The van der Waals surface area contributed by atoms with Gasteiger partial charge in [0.25, 0.3) is 0 Å². The number of hydrogen-bond donors (Lipinski definition) is 0. The average Bonchev–Trinajstić information content (AvgIpc) is 2.89. The van der Waals surface area contributed by atoms with Crippen LogP contribution in [0.2, 0.25) is 0 Å². The normalized spacial score (nSPS) is 15.4. The van der Waals surface area contributed by atoms with Gasteiger partial charge in [0.1, 0.15) is 0 Å². The highest BCUT2D eigenvalue weighted by atomic mass is 31.2. The molecule has 4 aromatic carbocycles. The van der Waals surface area contributed by atoms with E-state index in [4.69, 9.17) is 0 Å². The van der Waals surface area contributed by atoms with Gasteiger partial charge in [0.2, 0.25) is 0 Å². The second-order valence-corrected chi connectivity index (χ2v) is 16.0. The predicted octanol–water partition coefficient (Wildman–Crippen LogP) is 8.15. The van der Waals surface area contributed by atoms with Gasteiger partial charge in [0.05, 0.1) is 0 Å². The summed E-state index contributed by atoms with van der Waals surface area (Å²) in [4.78, 5) is 0.234. The third kappa shape index (κ3) is 5.23. The fourth-order valence-electron chi connectivity index (χ4n) is 5.70. The van der Waals surface area contributed by atoms with Gasteiger partial charge in [0, 0.05) is 4.90 Å². The number of rotatable bonds is 6. The molecule has 0 N–H and O–H groups in total. The van der Waals surface area contributed by atoms with Gasteiger partial charge >= 0.3 is 0 Å². The topological polar surface area (TPSA) is 0 Å². The molecule has 0 amide bonds. The molecule has 0 saturated heterocycles. The van der Waals surface area contributed by atoms with E-state index in [9.17, 15) is 0 Å². The average molecular weight is 509 g/mol. The quantitative estimate of drug-likeness (QED) is 0.231. The maximum atomic E-state index is 2.44. The number of benzene rings is 4. The van der Waals surface area contributed by atoms with E-state index in [-0.39, 0.29) is 4.90 Å². The maximum Gasteiger partial charge on any atom is 0.0267 e. The molecule has 4 aromatic rings. The molecule has 0 spiro atoms. The zero-order valence-corrected chi connectivity index (χ0v) is 24.0. The van der Waals surface area contributed by atoms with E-state index in [0.717, 1.165) is 0 Å². The molecule has 0 aromatic heterocycles. The molecule has 1 fully saturated rings. The first kappa shape index (κ1) is 25.4. The highest BCUT2D eigenvalue weighted by Gasteiger charge is 2.48. The molecule has 0 unspecified atom stereocenters. The van der Waals surface area contributed by atoms with Crippen LogP contribution >= 0.6 is 15.8 Å². The van der Waals surface area contributed by atoms with Crippen LogP contribution in [0.5, 0.6) is 0 Å². The van der Waals surface area contributed by atoms with E-state index in [1.54, 1.807) is 0 Å². The lowest BCUT2D eigenvalue weighted by Crippen LogP contribution is -2.40. The van der Waals surface area contributed by atoms with Crippen LogP contribution in [0, 0.1) is 27.7 Å². The van der Waals surface area contributed by atoms with Crippen LogP contribution in [0.3, 0.4) is 0 Å². The minimum atomic E-state index is -0.551. The molecule has 1 aliphatic rings. The fourth-order valence-corrected chi connectivity index (χ4v) is 13.7. The summed E-state index contributed by atoms with van der Waals surface area (Å²) in [6.07, 6.45) is 6.61. The smallest absolute Gasteiger partial charge is 0.0267 e. The van der Waals surface area contributed by atoms with Crippen molar-refractivity contribution in [3.63, 3.8) is 0 Å². The van der Waals surface area contributed by atoms with Crippen molar-refractivity contribution in [2.45, 2.75) is 64.7 Å². The summed E-state index contributed by atoms with van der Waals surface area (Å²) in [6, 6.07) is 38.1. The first-order valence-corrected chi connectivity index (χ1v) is 16.0. The van der Waals surface area contributed by atoms with Gasteiger partial charge in [-0.15, -0.1) is 0 Å². The molecule has 184 valence electrons. The van der Waals surface area contributed by atoms with E-state index in [1.807, 2.05) is 0 Å². The van der Waals surface area contributed by atoms with Gasteiger partial charge in [-0.1, -0.05) is 139 Å². The lowest BCUT2D eigenvalue weighted by atomic mass is 9.99. The van der Waals surface area contributed by atoms with E-state index >= 15 is 0 Å². The molecule has 0 bridgehead atoms. The van der Waals surface area contributed by atoms with Crippen molar-refractivity contribution in [1.82, 2.24) is 0 Å². The third-order valence-corrected chi connectivity index (χ3v) is 14.7. The van der Waals surface area contributed by atoms with Crippen molar-refractivity contribution in [2.24, 2.45) is 0 Å². The Morgan fingerprint density at radius 3 is 0.889 bits per heavy atom. The summed E-state index contributed by atoms with van der Waals surface area (Å²) in [6.45, 7) is 8.83. The SMILES string of the molecule is Cc1ccc(P(c2ccc(C)cc2)C2(P(c3ccc(C)cc3)c3ccc(C)cc3)CCCCC2)cc1. The van der Waals surface area contributed by atoms with Crippen molar-refractivity contribution < 1.29 is 0 Å². The Morgan fingerprint density at radius 2 is 0.639 bits per heavy atom. The summed E-state index contributed by atoms with van der Waals surface area (Å²) in [5.74, 6) is 0. The van der Waals surface area contributed by atoms with Crippen molar-refractivity contribution in [2.75, 3.05) is 0 Å². The van der Waals surface area contributed by atoms with Gasteiger partial charge < -0.3 is 0 Å². The Hall–Kier alpha value is -2.26. The number of hydrogen-bond acceptors (Lipinski definition) is 0. The predicted molar refractivity (Wildman–Crippen MR) is 163 cm³/mol. The van der Waals surface area contributed by atoms with Gasteiger partial charge in [0.15, 0.2) is 0 Å². The Kier molecular flexibility index (Phi) is 7.76. The molecule has 2 heteroatoms. The Bertz CT molecular complexity index is 1080. The molecular weight excluding hydrogens is 470 g/mol. The fraction of sp³-hybridized carbons (Fsp3) is 0.294. The van der Waals surface area contributed by atoms with Crippen LogP contribution in [0.25, 0.3) is 0 Å². The zero-order chi connectivity index (χ0) is 25.1. The first-order valence-electron chi connectivity index (χ1n) is 13.3. The van der Waals surface area contributed by atoms with Crippen LogP contribution in [-0.4, -0.2) is 4.90 Å². The van der Waals surface area contributed by atoms with Gasteiger partial charge in [-0.25, -0.2) is 0 Å². The minimum absolute atomic E-state index is 0.234. The van der Waals surface area contributed by atoms with E-state index in [1.165, 1.54) is 75.6 Å². The molecule has 0 aliphatic heterocycles. The molecule has 0 radical (unpaired) electrons. The summed E-state index contributed by atoms with van der Waals surface area (Å²) < 4.78 is 0. The van der Waals surface area contributed by atoms with E-state index < -0.39 is 15.8 Å². The van der Waals surface area contributed by atoms with Gasteiger partial charge in [-0.3, -0.25) is 0 Å². The second kappa shape index (κ2) is 11.0. The summed E-state index contributed by atoms with van der Waals surface area (Å²) in [5.41, 5.74) is 5.37. The Morgan fingerprint density at radius 1 is 0.389 bits per heavy atom. The number of aryl methyl sites for hydroxylation is 4. The maximum absolute atomic E-state index is 2.44. The van der Waals surface area contributed by atoms with Crippen LogP contribution < -0.4 is 21.2 Å². The molecule has 0 nitrogen and oxygen atoms in total. The molecule has 36 heavy (non-hydrogen) atoms. The Labute approximate surface area is 220 Å². The molecule has 0 atom stereocenters.